The van der Waals surface area contributed by atoms with Gasteiger partial charge in [0.1, 0.15) is 0 Å². The van der Waals surface area contributed by atoms with Crippen LogP contribution in [0.2, 0.25) is 0 Å². The highest BCUT2D eigenvalue weighted by Crippen LogP contribution is 2.36. The number of imidazole rings is 1. The average Bonchev–Trinajstić information content (AvgIpc) is 3.08. The zero-order valence-corrected chi connectivity index (χ0v) is 16.6. The first-order valence-electron chi connectivity index (χ1n) is 8.83. The molecule has 1 saturated carbocycles. The van der Waals surface area contributed by atoms with E-state index in [0.717, 1.165) is 12.8 Å². The molecule has 2 aromatic heterocycles. The molecule has 11 heteroatoms. The van der Waals surface area contributed by atoms with Crippen LogP contribution in [-0.4, -0.2) is 47.0 Å². The Morgan fingerprint density at radius 1 is 1.29 bits per heavy atom. The third-order valence-corrected chi connectivity index (χ3v) is 6.45. The number of hydrogen-bond acceptors (Lipinski definition) is 7. The standard InChI is InChI=1S/C17H21N5O5S/c1-11-18-19-15(27-11)22-14-10-12(28(24,25)20-17(2)6-7-17)4-5-13(14)21(16(22)23)8-9-26-3/h4-5,10,20H,6-9H2,1-3H3. The van der Waals surface area contributed by atoms with Gasteiger partial charge in [0, 0.05) is 19.6 Å². The predicted molar refractivity (Wildman–Crippen MR) is 100.0 cm³/mol. The highest BCUT2D eigenvalue weighted by Gasteiger charge is 2.41. The van der Waals surface area contributed by atoms with Gasteiger partial charge in [0.15, 0.2) is 0 Å². The topological polar surface area (TPSA) is 121 Å². The van der Waals surface area contributed by atoms with Crippen molar-refractivity contribution in [3.63, 3.8) is 0 Å². The Morgan fingerprint density at radius 3 is 2.64 bits per heavy atom. The van der Waals surface area contributed by atoms with E-state index in [1.807, 2.05) is 6.92 Å². The number of aromatic nitrogens is 4. The molecule has 10 nitrogen and oxygen atoms in total. The van der Waals surface area contributed by atoms with Gasteiger partial charge in [0.2, 0.25) is 15.9 Å². The quantitative estimate of drug-likeness (QED) is 0.619. The van der Waals surface area contributed by atoms with Gasteiger partial charge < -0.3 is 9.15 Å². The number of nitrogens with zero attached hydrogens (tertiary/aromatic N) is 4. The number of fused-ring (bicyclic) bond motifs is 1. The minimum absolute atomic E-state index is 0.0136. The van der Waals surface area contributed by atoms with Crippen LogP contribution in [0.4, 0.5) is 0 Å². The fourth-order valence-corrected chi connectivity index (χ4v) is 4.52. The van der Waals surface area contributed by atoms with Gasteiger partial charge in [-0.3, -0.25) is 4.57 Å². The Balaban J connectivity index is 1.90. The highest BCUT2D eigenvalue weighted by atomic mass is 32.2. The number of rotatable bonds is 7. The Morgan fingerprint density at radius 2 is 2.04 bits per heavy atom. The van der Waals surface area contributed by atoms with Crippen molar-refractivity contribution in [2.75, 3.05) is 13.7 Å². The molecule has 0 saturated heterocycles. The molecule has 0 aliphatic heterocycles. The molecule has 0 radical (unpaired) electrons. The molecule has 0 unspecified atom stereocenters. The lowest BCUT2D eigenvalue weighted by Gasteiger charge is -2.12. The molecule has 0 spiro atoms. The second kappa shape index (κ2) is 6.54. The van der Waals surface area contributed by atoms with Gasteiger partial charge in [0.05, 0.1) is 29.1 Å². The van der Waals surface area contributed by atoms with Gasteiger partial charge in [0.25, 0.3) is 0 Å². The molecular formula is C17H21N5O5S. The van der Waals surface area contributed by atoms with Crippen LogP contribution in [0.3, 0.4) is 0 Å². The Kier molecular flexibility index (Phi) is 4.40. The zero-order chi connectivity index (χ0) is 20.1. The van der Waals surface area contributed by atoms with E-state index in [0.29, 0.717) is 30.1 Å². The molecule has 1 aromatic carbocycles. The number of nitrogens with one attached hydrogen (secondary N) is 1. The minimum atomic E-state index is -3.73. The lowest BCUT2D eigenvalue weighted by atomic mass is 10.3. The third-order valence-electron chi connectivity index (χ3n) is 4.82. The highest BCUT2D eigenvalue weighted by molar-refractivity contribution is 7.89. The summed E-state index contributed by atoms with van der Waals surface area (Å²) in [6.07, 6.45) is 1.60. The van der Waals surface area contributed by atoms with Crippen molar-refractivity contribution in [3.8, 4) is 6.01 Å². The van der Waals surface area contributed by atoms with Crippen LogP contribution in [0.5, 0.6) is 0 Å². The Labute approximate surface area is 161 Å². The molecule has 0 amide bonds. The van der Waals surface area contributed by atoms with E-state index in [-0.39, 0.29) is 10.9 Å². The van der Waals surface area contributed by atoms with E-state index >= 15 is 0 Å². The van der Waals surface area contributed by atoms with Gasteiger partial charge in [-0.15, -0.1) is 5.10 Å². The van der Waals surface area contributed by atoms with E-state index in [9.17, 15) is 13.2 Å². The summed E-state index contributed by atoms with van der Waals surface area (Å²) >= 11 is 0. The first-order chi connectivity index (χ1) is 13.2. The van der Waals surface area contributed by atoms with Crippen LogP contribution in [0, 0.1) is 6.92 Å². The number of aryl methyl sites for hydroxylation is 1. The number of benzene rings is 1. The summed E-state index contributed by atoms with van der Waals surface area (Å²) in [5.74, 6) is 0.298. The van der Waals surface area contributed by atoms with Gasteiger partial charge >= 0.3 is 11.7 Å². The van der Waals surface area contributed by atoms with Gasteiger partial charge in [-0.25, -0.2) is 22.5 Å². The van der Waals surface area contributed by atoms with Crippen LogP contribution in [0.1, 0.15) is 25.7 Å². The second-order valence-electron chi connectivity index (χ2n) is 7.18. The van der Waals surface area contributed by atoms with Crippen molar-refractivity contribution < 1.29 is 17.6 Å². The van der Waals surface area contributed by atoms with Crippen LogP contribution >= 0.6 is 0 Å². The first-order valence-corrected chi connectivity index (χ1v) is 10.3. The molecule has 0 atom stereocenters. The molecule has 2 heterocycles. The molecule has 3 aromatic rings. The zero-order valence-electron chi connectivity index (χ0n) is 15.8. The summed E-state index contributed by atoms with van der Waals surface area (Å²) in [7, 11) is -2.19. The van der Waals surface area contributed by atoms with Crippen molar-refractivity contribution in [1.82, 2.24) is 24.1 Å². The maximum absolute atomic E-state index is 13.0. The summed E-state index contributed by atoms with van der Waals surface area (Å²) in [5, 5.41) is 7.69. The molecule has 1 N–H and O–H groups in total. The Hall–Kier alpha value is -2.50. The molecule has 4 rings (SSSR count). The molecule has 1 fully saturated rings. The summed E-state index contributed by atoms with van der Waals surface area (Å²) in [6, 6.07) is 4.53. The summed E-state index contributed by atoms with van der Waals surface area (Å²) in [4.78, 5) is 13.1. The van der Waals surface area contributed by atoms with E-state index in [2.05, 4.69) is 14.9 Å². The second-order valence-corrected chi connectivity index (χ2v) is 8.87. The largest absolute Gasteiger partial charge is 0.408 e. The normalized spacial score (nSPS) is 16.0. The summed E-state index contributed by atoms with van der Waals surface area (Å²) in [6.45, 7) is 4.10. The number of ether oxygens (including phenoxy) is 1. The maximum atomic E-state index is 13.0. The lowest BCUT2D eigenvalue weighted by Crippen LogP contribution is -2.34. The SMILES string of the molecule is COCCn1c(=O)n(-c2nnc(C)o2)c2cc(S(=O)(=O)NC3(C)CC3)ccc21. The van der Waals surface area contributed by atoms with E-state index in [1.54, 1.807) is 20.1 Å². The number of hydrogen-bond donors (Lipinski definition) is 1. The van der Waals surface area contributed by atoms with Crippen LogP contribution in [-0.2, 0) is 21.3 Å². The van der Waals surface area contributed by atoms with E-state index in [4.69, 9.17) is 9.15 Å². The van der Waals surface area contributed by atoms with E-state index in [1.165, 1.54) is 21.3 Å². The summed E-state index contributed by atoms with van der Waals surface area (Å²) < 4.78 is 41.5. The van der Waals surface area contributed by atoms with Crippen molar-refractivity contribution in [1.29, 1.82) is 0 Å². The van der Waals surface area contributed by atoms with Crippen molar-refractivity contribution >= 4 is 21.1 Å². The molecular weight excluding hydrogens is 386 g/mol. The minimum Gasteiger partial charge on any atom is -0.408 e. The third kappa shape index (κ3) is 3.25. The van der Waals surface area contributed by atoms with Gasteiger partial charge in [-0.1, -0.05) is 5.10 Å². The van der Waals surface area contributed by atoms with Crippen LogP contribution in [0.25, 0.3) is 17.0 Å². The Bertz CT molecular complexity index is 1200. The average molecular weight is 407 g/mol. The van der Waals surface area contributed by atoms with Crippen molar-refractivity contribution in [3.05, 3.63) is 34.6 Å². The monoisotopic (exact) mass is 407 g/mol. The molecule has 28 heavy (non-hydrogen) atoms. The molecule has 150 valence electrons. The smallest absolute Gasteiger partial charge is 0.337 e. The van der Waals surface area contributed by atoms with Gasteiger partial charge in [-0.2, -0.15) is 0 Å². The van der Waals surface area contributed by atoms with E-state index < -0.39 is 21.3 Å². The van der Waals surface area contributed by atoms with Gasteiger partial charge in [-0.05, 0) is 38.0 Å². The first kappa shape index (κ1) is 18.8. The summed E-state index contributed by atoms with van der Waals surface area (Å²) in [5.41, 5.74) is 0.108. The van der Waals surface area contributed by atoms with Crippen LogP contribution < -0.4 is 10.4 Å². The number of methoxy groups -OCH3 is 1. The molecule has 1 aliphatic carbocycles. The lowest BCUT2D eigenvalue weighted by molar-refractivity contribution is 0.187. The van der Waals surface area contributed by atoms with Crippen molar-refractivity contribution in [2.24, 2.45) is 0 Å². The molecule has 1 aliphatic rings. The molecule has 0 bridgehead atoms. The van der Waals surface area contributed by atoms with Crippen molar-refractivity contribution in [2.45, 2.75) is 43.7 Å². The fraction of sp³-hybridized carbons (Fsp3) is 0.471. The number of sulfonamides is 1. The predicted octanol–water partition coefficient (Wildman–Crippen LogP) is 0.961. The van der Waals surface area contributed by atoms with Crippen LogP contribution in [0.15, 0.2) is 32.3 Å². The fourth-order valence-electron chi connectivity index (χ4n) is 3.04. The maximum Gasteiger partial charge on any atom is 0.337 e.